The van der Waals surface area contributed by atoms with Crippen LogP contribution in [0.1, 0.15) is 0 Å². The first-order chi connectivity index (χ1) is 9.86. The minimum absolute atomic E-state index is 0. The molecule has 0 fully saturated rings. The van der Waals surface area contributed by atoms with Gasteiger partial charge in [-0.3, -0.25) is 0 Å². The normalized spacial score (nSPS) is 17.9. The first-order valence-electron chi connectivity index (χ1n) is 6.74. The number of anilines is 1. The molecular formula is C14H22ClNO5. The van der Waals surface area contributed by atoms with Crippen molar-refractivity contribution in [2.24, 2.45) is 0 Å². The summed E-state index contributed by atoms with van der Waals surface area (Å²) in [5.74, 6) is 1.29. The van der Waals surface area contributed by atoms with Crippen molar-refractivity contribution in [1.82, 2.24) is 0 Å². The molecule has 21 heavy (non-hydrogen) atoms. The van der Waals surface area contributed by atoms with Gasteiger partial charge in [0.25, 0.3) is 0 Å². The van der Waals surface area contributed by atoms with Gasteiger partial charge >= 0.3 is 0 Å². The van der Waals surface area contributed by atoms with Crippen LogP contribution >= 0.6 is 12.4 Å². The zero-order chi connectivity index (χ0) is 14.0. The summed E-state index contributed by atoms with van der Waals surface area (Å²) in [5.41, 5.74) is 6.39. The van der Waals surface area contributed by atoms with Crippen LogP contribution in [0, 0.1) is 0 Å². The number of ether oxygens (including phenoxy) is 5. The Kier molecular flexibility index (Phi) is 8.93. The predicted molar refractivity (Wildman–Crippen MR) is 81.5 cm³/mol. The maximum absolute atomic E-state index is 5.76. The summed E-state index contributed by atoms with van der Waals surface area (Å²) in [5, 5.41) is 0. The molecular weight excluding hydrogens is 298 g/mol. The van der Waals surface area contributed by atoms with Crippen molar-refractivity contribution in [2.45, 2.75) is 0 Å². The molecule has 7 heteroatoms. The van der Waals surface area contributed by atoms with E-state index in [-0.39, 0.29) is 12.4 Å². The fourth-order valence-electron chi connectivity index (χ4n) is 1.72. The minimum atomic E-state index is 0. The fourth-order valence-corrected chi connectivity index (χ4v) is 1.72. The van der Waals surface area contributed by atoms with Crippen molar-refractivity contribution in [3.05, 3.63) is 18.2 Å². The Morgan fingerprint density at radius 1 is 0.667 bits per heavy atom. The number of hydrogen-bond acceptors (Lipinski definition) is 6. The zero-order valence-corrected chi connectivity index (χ0v) is 12.7. The van der Waals surface area contributed by atoms with Crippen LogP contribution in [0.4, 0.5) is 5.69 Å². The highest BCUT2D eigenvalue weighted by Gasteiger charge is 2.06. The SMILES string of the molecule is Cl.Nc1ccc2c(c1)OCCOCCOCCOCCO2. The lowest BCUT2D eigenvalue weighted by Gasteiger charge is -2.13. The maximum Gasteiger partial charge on any atom is 0.163 e. The molecule has 120 valence electrons. The lowest BCUT2D eigenvalue weighted by molar-refractivity contribution is 0.00708. The first kappa shape index (κ1) is 17.8. The van der Waals surface area contributed by atoms with Crippen LogP contribution in [0.25, 0.3) is 0 Å². The van der Waals surface area contributed by atoms with Crippen LogP contribution < -0.4 is 15.2 Å². The molecule has 0 unspecified atom stereocenters. The molecule has 0 aromatic heterocycles. The van der Waals surface area contributed by atoms with Crippen molar-refractivity contribution < 1.29 is 23.7 Å². The first-order valence-corrected chi connectivity index (χ1v) is 6.74. The quantitative estimate of drug-likeness (QED) is 0.731. The smallest absolute Gasteiger partial charge is 0.163 e. The molecule has 0 saturated carbocycles. The molecule has 1 aromatic rings. The Morgan fingerprint density at radius 3 is 1.71 bits per heavy atom. The average molecular weight is 320 g/mol. The second kappa shape index (κ2) is 10.5. The molecule has 1 aliphatic heterocycles. The van der Waals surface area contributed by atoms with E-state index in [2.05, 4.69) is 0 Å². The van der Waals surface area contributed by atoms with Crippen LogP contribution in [-0.4, -0.2) is 52.9 Å². The number of fused-ring (bicyclic) bond motifs is 1. The van der Waals surface area contributed by atoms with E-state index in [9.17, 15) is 0 Å². The van der Waals surface area contributed by atoms with Crippen LogP contribution in [0.3, 0.4) is 0 Å². The molecule has 2 N–H and O–H groups in total. The zero-order valence-electron chi connectivity index (χ0n) is 11.9. The third kappa shape index (κ3) is 6.86. The van der Waals surface area contributed by atoms with Gasteiger partial charge in [0, 0.05) is 11.8 Å². The number of nitrogens with two attached hydrogens (primary N) is 1. The van der Waals surface area contributed by atoms with Gasteiger partial charge < -0.3 is 29.4 Å². The molecule has 1 aromatic carbocycles. The van der Waals surface area contributed by atoms with Crippen LogP contribution in [-0.2, 0) is 14.2 Å². The standard InChI is InChI=1S/C14H21NO5.ClH/c15-12-1-2-13-14(11-12)20-10-8-18-6-4-16-3-5-17-7-9-19-13;/h1-2,11H,3-10,15H2;1H. The molecule has 0 saturated heterocycles. The van der Waals surface area contributed by atoms with Gasteiger partial charge in [-0.25, -0.2) is 0 Å². The Hall–Kier alpha value is -1.21. The Morgan fingerprint density at radius 2 is 1.14 bits per heavy atom. The summed E-state index contributed by atoms with van der Waals surface area (Å²) in [6.45, 7) is 4.11. The second-order valence-electron chi connectivity index (χ2n) is 4.24. The van der Waals surface area contributed by atoms with E-state index in [0.717, 1.165) is 0 Å². The van der Waals surface area contributed by atoms with Crippen LogP contribution in [0.15, 0.2) is 18.2 Å². The van der Waals surface area contributed by atoms with Gasteiger partial charge in [-0.15, -0.1) is 12.4 Å². The molecule has 1 aliphatic rings. The Bertz CT molecular complexity index is 405. The van der Waals surface area contributed by atoms with Gasteiger partial charge in [-0.2, -0.15) is 0 Å². The van der Waals surface area contributed by atoms with Crippen LogP contribution in [0.2, 0.25) is 0 Å². The van der Waals surface area contributed by atoms with Gasteiger partial charge in [0.15, 0.2) is 11.5 Å². The highest BCUT2D eigenvalue weighted by atomic mass is 35.5. The van der Waals surface area contributed by atoms with Crippen molar-refractivity contribution in [3.63, 3.8) is 0 Å². The third-order valence-electron chi connectivity index (χ3n) is 2.68. The monoisotopic (exact) mass is 319 g/mol. The third-order valence-corrected chi connectivity index (χ3v) is 2.68. The topological polar surface area (TPSA) is 72.2 Å². The number of benzene rings is 1. The van der Waals surface area contributed by atoms with E-state index in [4.69, 9.17) is 29.4 Å². The Labute approximate surface area is 130 Å². The highest BCUT2D eigenvalue weighted by molar-refractivity contribution is 5.85. The molecule has 0 radical (unpaired) electrons. The molecule has 6 nitrogen and oxygen atoms in total. The van der Waals surface area contributed by atoms with E-state index in [0.29, 0.717) is 70.0 Å². The van der Waals surface area contributed by atoms with Crippen molar-refractivity contribution in [1.29, 1.82) is 0 Å². The minimum Gasteiger partial charge on any atom is -0.487 e. The highest BCUT2D eigenvalue weighted by Crippen LogP contribution is 2.29. The predicted octanol–water partition coefficient (Wildman–Crippen LogP) is 1.51. The summed E-state index contributed by atoms with van der Waals surface area (Å²) >= 11 is 0. The van der Waals surface area contributed by atoms with Gasteiger partial charge in [0.2, 0.25) is 0 Å². The summed E-state index contributed by atoms with van der Waals surface area (Å²) < 4.78 is 27.4. The molecule has 2 rings (SSSR count). The van der Waals surface area contributed by atoms with Gasteiger partial charge in [0.1, 0.15) is 13.2 Å². The lowest BCUT2D eigenvalue weighted by atomic mass is 10.3. The van der Waals surface area contributed by atoms with Crippen molar-refractivity contribution in [2.75, 3.05) is 58.6 Å². The van der Waals surface area contributed by atoms with Crippen molar-refractivity contribution in [3.8, 4) is 11.5 Å². The van der Waals surface area contributed by atoms with Gasteiger partial charge in [-0.1, -0.05) is 0 Å². The van der Waals surface area contributed by atoms with Crippen molar-refractivity contribution >= 4 is 18.1 Å². The van der Waals surface area contributed by atoms with Crippen LogP contribution in [0.5, 0.6) is 11.5 Å². The summed E-state index contributed by atoms with van der Waals surface area (Å²) in [7, 11) is 0. The molecule has 1 heterocycles. The fraction of sp³-hybridized carbons (Fsp3) is 0.571. The summed E-state index contributed by atoms with van der Waals surface area (Å²) in [6.07, 6.45) is 0. The maximum atomic E-state index is 5.76. The number of halogens is 1. The summed E-state index contributed by atoms with van der Waals surface area (Å²) in [4.78, 5) is 0. The lowest BCUT2D eigenvalue weighted by Crippen LogP contribution is -2.13. The largest absolute Gasteiger partial charge is 0.487 e. The number of nitrogen functional groups attached to an aromatic ring is 1. The van der Waals surface area contributed by atoms with Gasteiger partial charge in [-0.05, 0) is 12.1 Å². The van der Waals surface area contributed by atoms with E-state index in [1.807, 2.05) is 0 Å². The molecule has 0 bridgehead atoms. The Balaban J connectivity index is 0.00000220. The molecule has 0 atom stereocenters. The summed E-state index contributed by atoms with van der Waals surface area (Å²) in [6, 6.07) is 5.33. The average Bonchev–Trinajstić information content (AvgIpc) is 2.45. The van der Waals surface area contributed by atoms with E-state index in [1.165, 1.54) is 0 Å². The molecule has 0 amide bonds. The van der Waals surface area contributed by atoms with E-state index in [1.54, 1.807) is 18.2 Å². The number of hydrogen-bond donors (Lipinski definition) is 1. The molecule has 0 spiro atoms. The van der Waals surface area contributed by atoms with Gasteiger partial charge in [0.05, 0.1) is 39.6 Å². The van der Waals surface area contributed by atoms with E-state index >= 15 is 0 Å². The number of rotatable bonds is 0. The van der Waals surface area contributed by atoms with E-state index < -0.39 is 0 Å². The second-order valence-corrected chi connectivity index (χ2v) is 4.24. The molecule has 0 aliphatic carbocycles.